The van der Waals surface area contributed by atoms with Gasteiger partial charge >= 0.3 is 6.09 Å². The quantitative estimate of drug-likeness (QED) is 0.448. The molecule has 1 aromatic rings. The summed E-state index contributed by atoms with van der Waals surface area (Å²) in [5.74, 6) is 0.816. The van der Waals surface area contributed by atoms with Crippen molar-refractivity contribution in [2.45, 2.75) is 72.1 Å². The average molecular weight is 447 g/mol. The smallest absolute Gasteiger partial charge is 0.410 e. The lowest BCUT2D eigenvalue weighted by Crippen LogP contribution is -2.48. The molecule has 8 nitrogen and oxygen atoms in total. The number of pyridine rings is 1. The maximum atomic E-state index is 12.4. The van der Waals surface area contributed by atoms with Gasteiger partial charge in [0, 0.05) is 51.5 Å². The summed E-state index contributed by atoms with van der Waals surface area (Å²) in [5.41, 5.74) is 0.629. The second kappa shape index (κ2) is 13.3. The van der Waals surface area contributed by atoms with Gasteiger partial charge in [0.05, 0.1) is 12.2 Å². The van der Waals surface area contributed by atoms with E-state index in [9.17, 15) is 4.79 Å². The fourth-order valence-corrected chi connectivity index (χ4v) is 3.64. The molecule has 1 aliphatic rings. The Balaban J connectivity index is 1.82. The van der Waals surface area contributed by atoms with Gasteiger partial charge in [-0.25, -0.2) is 4.79 Å². The lowest BCUT2D eigenvalue weighted by atomic mass is 10.0. The molecule has 0 radical (unpaired) electrons. The Hall–Kier alpha value is -2.35. The molecule has 2 N–H and O–H groups in total. The van der Waals surface area contributed by atoms with Crippen LogP contribution in [-0.4, -0.2) is 77.7 Å². The van der Waals surface area contributed by atoms with Crippen molar-refractivity contribution in [1.29, 1.82) is 0 Å². The summed E-state index contributed by atoms with van der Waals surface area (Å²) in [6, 6.07) is 6.47. The van der Waals surface area contributed by atoms with Crippen LogP contribution in [0.2, 0.25) is 0 Å². The van der Waals surface area contributed by atoms with Crippen LogP contribution in [0.4, 0.5) is 4.79 Å². The standard InChI is InChI=1S/C24H42N6O2/c1-6-15-30(23(31)32-24(3,4)5)18-14-27-22(25-7-2)28-20-11-16-29(17-12-20)19-21-10-8-9-13-26-21/h8-10,13,20H,6-7,11-12,14-19H2,1-5H3,(H2,25,27,28). The zero-order valence-electron chi connectivity index (χ0n) is 20.6. The van der Waals surface area contributed by atoms with Crippen molar-refractivity contribution in [3.8, 4) is 0 Å². The Morgan fingerprint density at radius 1 is 1.25 bits per heavy atom. The minimum Gasteiger partial charge on any atom is -0.444 e. The number of ether oxygens (including phenoxy) is 1. The van der Waals surface area contributed by atoms with Crippen LogP contribution in [0, 0.1) is 0 Å². The summed E-state index contributed by atoms with van der Waals surface area (Å²) in [6.07, 6.45) is 4.60. The second-order valence-electron chi connectivity index (χ2n) is 9.24. The van der Waals surface area contributed by atoms with E-state index in [1.165, 1.54) is 0 Å². The fraction of sp³-hybridized carbons (Fsp3) is 0.708. The Morgan fingerprint density at radius 2 is 2.00 bits per heavy atom. The Bertz CT molecular complexity index is 696. The highest BCUT2D eigenvalue weighted by molar-refractivity contribution is 5.80. The van der Waals surface area contributed by atoms with Crippen molar-refractivity contribution >= 4 is 12.1 Å². The van der Waals surface area contributed by atoms with Crippen LogP contribution >= 0.6 is 0 Å². The number of carbonyl (C=O) groups is 1. The molecule has 2 rings (SSSR count). The summed E-state index contributed by atoms with van der Waals surface area (Å²) in [7, 11) is 0. The molecular formula is C24H42N6O2. The van der Waals surface area contributed by atoms with E-state index in [-0.39, 0.29) is 6.09 Å². The summed E-state index contributed by atoms with van der Waals surface area (Å²) in [5, 5.41) is 6.91. The van der Waals surface area contributed by atoms with Crippen LogP contribution in [0.15, 0.2) is 29.4 Å². The number of piperidine rings is 1. The number of nitrogens with one attached hydrogen (secondary N) is 2. The van der Waals surface area contributed by atoms with Crippen LogP contribution in [0.3, 0.4) is 0 Å². The van der Waals surface area contributed by atoms with Gasteiger partial charge in [0.2, 0.25) is 0 Å². The second-order valence-corrected chi connectivity index (χ2v) is 9.24. The van der Waals surface area contributed by atoms with Gasteiger partial charge in [-0.2, -0.15) is 0 Å². The van der Waals surface area contributed by atoms with Crippen LogP contribution in [0.25, 0.3) is 0 Å². The van der Waals surface area contributed by atoms with Crippen LogP contribution in [-0.2, 0) is 11.3 Å². The first-order chi connectivity index (χ1) is 15.3. The third-order valence-corrected chi connectivity index (χ3v) is 5.17. The SMILES string of the molecule is CCCN(CCN=C(NCC)NC1CCN(Cc2ccccn2)CC1)C(=O)OC(C)(C)C. The molecule has 1 saturated heterocycles. The van der Waals surface area contributed by atoms with Gasteiger partial charge in [-0.1, -0.05) is 13.0 Å². The van der Waals surface area contributed by atoms with E-state index in [1.807, 2.05) is 39.1 Å². The lowest BCUT2D eigenvalue weighted by Gasteiger charge is -2.33. The molecule has 1 amide bonds. The number of hydrogen-bond donors (Lipinski definition) is 2. The summed E-state index contributed by atoms with van der Waals surface area (Å²) < 4.78 is 5.53. The number of guanidine groups is 1. The van der Waals surface area contributed by atoms with E-state index in [2.05, 4.69) is 40.4 Å². The van der Waals surface area contributed by atoms with Gasteiger partial charge in [0.25, 0.3) is 0 Å². The number of aromatic nitrogens is 1. The predicted octanol–water partition coefficient (Wildman–Crippen LogP) is 3.25. The molecule has 1 aromatic heterocycles. The van der Waals surface area contributed by atoms with Crippen molar-refractivity contribution in [1.82, 2.24) is 25.4 Å². The van der Waals surface area contributed by atoms with E-state index in [1.54, 1.807) is 4.90 Å². The first-order valence-corrected chi connectivity index (χ1v) is 12.0. The molecule has 8 heteroatoms. The molecule has 32 heavy (non-hydrogen) atoms. The minimum atomic E-state index is -0.492. The van der Waals surface area contributed by atoms with Crippen LogP contribution < -0.4 is 10.6 Å². The van der Waals surface area contributed by atoms with E-state index >= 15 is 0 Å². The highest BCUT2D eigenvalue weighted by Crippen LogP contribution is 2.13. The number of carbonyl (C=O) groups excluding carboxylic acids is 1. The van der Waals surface area contributed by atoms with Gasteiger partial charge in [-0.05, 0) is 59.1 Å². The monoisotopic (exact) mass is 446 g/mol. The topological polar surface area (TPSA) is 82.1 Å². The molecule has 0 atom stereocenters. The van der Waals surface area contributed by atoms with Gasteiger partial charge in [-0.3, -0.25) is 14.9 Å². The highest BCUT2D eigenvalue weighted by atomic mass is 16.6. The average Bonchev–Trinajstić information content (AvgIpc) is 2.74. The molecule has 0 bridgehead atoms. The van der Waals surface area contributed by atoms with Gasteiger partial charge in [0.15, 0.2) is 5.96 Å². The van der Waals surface area contributed by atoms with E-state index in [0.717, 1.165) is 57.1 Å². The Kier molecular flexibility index (Phi) is 10.7. The van der Waals surface area contributed by atoms with Crippen molar-refractivity contribution in [3.05, 3.63) is 30.1 Å². The van der Waals surface area contributed by atoms with E-state index in [0.29, 0.717) is 25.7 Å². The number of nitrogens with zero attached hydrogens (tertiary/aromatic N) is 4. The third kappa shape index (κ3) is 9.85. The first kappa shape index (κ1) is 25.9. The van der Waals surface area contributed by atoms with Crippen molar-refractivity contribution in [3.63, 3.8) is 0 Å². The predicted molar refractivity (Wildman–Crippen MR) is 130 cm³/mol. The van der Waals surface area contributed by atoms with E-state index in [4.69, 9.17) is 9.73 Å². The molecule has 180 valence electrons. The molecular weight excluding hydrogens is 404 g/mol. The summed E-state index contributed by atoms with van der Waals surface area (Å²) in [4.78, 5) is 25.8. The summed E-state index contributed by atoms with van der Waals surface area (Å²) >= 11 is 0. The van der Waals surface area contributed by atoms with Gasteiger partial charge < -0.3 is 20.3 Å². The Morgan fingerprint density at radius 3 is 2.59 bits per heavy atom. The molecule has 1 fully saturated rings. The number of rotatable bonds is 9. The molecule has 1 aliphatic heterocycles. The van der Waals surface area contributed by atoms with E-state index < -0.39 is 5.60 Å². The number of likely N-dealkylation sites (tertiary alicyclic amines) is 1. The van der Waals surface area contributed by atoms with Crippen molar-refractivity contribution in [2.24, 2.45) is 4.99 Å². The highest BCUT2D eigenvalue weighted by Gasteiger charge is 2.22. The normalized spacial score (nSPS) is 16.0. The van der Waals surface area contributed by atoms with Crippen molar-refractivity contribution in [2.75, 3.05) is 39.3 Å². The number of aliphatic imine (C=N–C) groups is 1. The molecule has 2 heterocycles. The first-order valence-electron chi connectivity index (χ1n) is 12.0. The zero-order valence-corrected chi connectivity index (χ0v) is 20.6. The Labute approximate surface area is 193 Å². The molecule has 0 aromatic carbocycles. The van der Waals surface area contributed by atoms with Gasteiger partial charge in [0.1, 0.15) is 5.60 Å². The number of hydrogen-bond acceptors (Lipinski definition) is 5. The maximum Gasteiger partial charge on any atom is 0.410 e. The van der Waals surface area contributed by atoms with Crippen LogP contribution in [0.5, 0.6) is 0 Å². The van der Waals surface area contributed by atoms with Crippen LogP contribution in [0.1, 0.15) is 59.6 Å². The molecule has 0 aliphatic carbocycles. The lowest BCUT2D eigenvalue weighted by molar-refractivity contribution is 0.0256. The molecule has 0 saturated carbocycles. The fourth-order valence-electron chi connectivity index (χ4n) is 3.64. The summed E-state index contributed by atoms with van der Waals surface area (Å²) in [6.45, 7) is 15.3. The zero-order chi connectivity index (χ0) is 23.4. The molecule has 0 unspecified atom stereocenters. The maximum absolute atomic E-state index is 12.4. The third-order valence-electron chi connectivity index (χ3n) is 5.17. The largest absolute Gasteiger partial charge is 0.444 e. The minimum absolute atomic E-state index is 0.271. The van der Waals surface area contributed by atoms with Gasteiger partial charge in [-0.15, -0.1) is 0 Å². The molecule has 0 spiro atoms. The number of amides is 1. The van der Waals surface area contributed by atoms with Crippen molar-refractivity contribution < 1.29 is 9.53 Å².